The molecule has 2 nitrogen and oxygen atoms in total. The first-order valence-corrected chi connectivity index (χ1v) is 6.31. The third-order valence-electron chi connectivity index (χ3n) is 2.87. The Labute approximate surface area is 105 Å². The van der Waals surface area contributed by atoms with E-state index < -0.39 is 5.79 Å². The van der Waals surface area contributed by atoms with Crippen LogP contribution in [0.25, 0.3) is 0 Å². The molecule has 0 radical (unpaired) electrons. The van der Waals surface area contributed by atoms with Crippen LogP contribution in [0.4, 0.5) is 0 Å². The van der Waals surface area contributed by atoms with Crippen LogP contribution < -0.4 is 0 Å². The quantitative estimate of drug-likeness (QED) is 0.623. The monoisotopic (exact) mass is 236 g/mol. The summed E-state index contributed by atoms with van der Waals surface area (Å²) >= 11 is 0. The van der Waals surface area contributed by atoms with E-state index >= 15 is 0 Å². The zero-order valence-corrected chi connectivity index (χ0v) is 11.5. The van der Waals surface area contributed by atoms with E-state index in [2.05, 4.69) is 32.9 Å². The maximum atomic E-state index is 5.39. The molecule has 0 amide bonds. The zero-order chi connectivity index (χ0) is 12.7. The van der Waals surface area contributed by atoms with Crippen LogP contribution in [0.5, 0.6) is 0 Å². The largest absolute Gasteiger partial charge is 0.457 e. The van der Waals surface area contributed by atoms with Crippen LogP contribution >= 0.6 is 0 Å². The van der Waals surface area contributed by atoms with Gasteiger partial charge in [-0.25, -0.2) is 0 Å². The molecule has 0 aromatic carbocycles. The maximum absolute atomic E-state index is 5.39. The first-order valence-electron chi connectivity index (χ1n) is 6.31. The van der Waals surface area contributed by atoms with Crippen molar-refractivity contribution in [3.05, 3.63) is 35.8 Å². The normalized spacial score (nSPS) is 17.5. The van der Waals surface area contributed by atoms with Gasteiger partial charge >= 0.3 is 0 Å². The lowest BCUT2D eigenvalue weighted by atomic mass is 10.1. The fourth-order valence-corrected chi connectivity index (χ4v) is 1.76. The molecule has 96 valence electrons. The lowest BCUT2D eigenvalue weighted by Gasteiger charge is -2.22. The van der Waals surface area contributed by atoms with Gasteiger partial charge in [-0.15, -0.1) is 0 Å². The minimum Gasteiger partial charge on any atom is -0.457 e. The van der Waals surface area contributed by atoms with Crippen molar-refractivity contribution < 1.29 is 9.47 Å². The van der Waals surface area contributed by atoms with Gasteiger partial charge in [0.1, 0.15) is 12.5 Å². The highest BCUT2D eigenvalue weighted by Gasteiger charge is 2.27. The van der Waals surface area contributed by atoms with Crippen LogP contribution in [0.3, 0.4) is 0 Å². The lowest BCUT2D eigenvalue weighted by molar-refractivity contribution is -0.129. The standard InChI is InChI=1S/C15H24O2/c1-13(2)7-5-8-14(3)9-6-10-15(4)16-11-12-17-15/h7,9,11-12H,5-6,8,10H2,1-4H3/b14-9-. The highest BCUT2D eigenvalue weighted by atomic mass is 16.7. The van der Waals surface area contributed by atoms with Crippen molar-refractivity contribution in [3.8, 4) is 0 Å². The molecule has 0 saturated heterocycles. The van der Waals surface area contributed by atoms with Gasteiger partial charge in [-0.1, -0.05) is 23.3 Å². The van der Waals surface area contributed by atoms with Crippen LogP contribution in [0.2, 0.25) is 0 Å². The predicted octanol–water partition coefficient (Wildman–Crippen LogP) is 4.69. The Hall–Kier alpha value is -1.18. The summed E-state index contributed by atoms with van der Waals surface area (Å²) in [6, 6.07) is 0. The predicted molar refractivity (Wildman–Crippen MR) is 71.4 cm³/mol. The Morgan fingerprint density at radius 3 is 2.29 bits per heavy atom. The number of rotatable bonds is 6. The summed E-state index contributed by atoms with van der Waals surface area (Å²) in [5.41, 5.74) is 2.83. The fraction of sp³-hybridized carbons (Fsp3) is 0.600. The van der Waals surface area contributed by atoms with Crippen molar-refractivity contribution in [2.45, 2.75) is 59.2 Å². The van der Waals surface area contributed by atoms with Gasteiger partial charge < -0.3 is 9.47 Å². The molecule has 0 spiro atoms. The van der Waals surface area contributed by atoms with Gasteiger partial charge in [0, 0.05) is 13.3 Å². The average Bonchev–Trinajstić information content (AvgIpc) is 2.65. The Bertz CT molecular complexity index is 312. The molecule has 0 bridgehead atoms. The average molecular weight is 236 g/mol. The maximum Gasteiger partial charge on any atom is 0.247 e. The molecular weight excluding hydrogens is 212 g/mol. The van der Waals surface area contributed by atoms with E-state index in [4.69, 9.17) is 9.47 Å². The minimum atomic E-state index is -0.448. The van der Waals surface area contributed by atoms with Gasteiger partial charge in [-0.2, -0.15) is 0 Å². The van der Waals surface area contributed by atoms with Crippen LogP contribution in [-0.2, 0) is 9.47 Å². The van der Waals surface area contributed by atoms with Gasteiger partial charge in [-0.05, 0) is 40.0 Å². The second-order valence-corrected chi connectivity index (χ2v) is 5.05. The van der Waals surface area contributed by atoms with E-state index in [0.717, 1.165) is 25.7 Å². The van der Waals surface area contributed by atoms with Crippen LogP contribution in [0.15, 0.2) is 35.8 Å². The summed E-state index contributed by atoms with van der Waals surface area (Å²) in [6.45, 7) is 8.44. The molecule has 0 unspecified atom stereocenters. The summed E-state index contributed by atoms with van der Waals surface area (Å²) in [4.78, 5) is 0. The van der Waals surface area contributed by atoms with Crippen LogP contribution in [0, 0.1) is 0 Å². The summed E-state index contributed by atoms with van der Waals surface area (Å²) in [6.07, 6.45) is 12.0. The fourth-order valence-electron chi connectivity index (χ4n) is 1.76. The van der Waals surface area contributed by atoms with E-state index in [-0.39, 0.29) is 0 Å². The number of allylic oxidation sites excluding steroid dienone is 4. The van der Waals surface area contributed by atoms with Crippen LogP contribution in [0.1, 0.15) is 53.4 Å². The molecule has 0 fully saturated rings. The molecule has 0 N–H and O–H groups in total. The molecule has 0 aromatic rings. The van der Waals surface area contributed by atoms with Crippen molar-refractivity contribution >= 4 is 0 Å². The molecule has 0 aliphatic carbocycles. The number of ether oxygens (including phenoxy) is 2. The molecule has 1 heterocycles. The highest BCUT2D eigenvalue weighted by Crippen LogP contribution is 2.25. The molecule has 1 aliphatic rings. The third kappa shape index (κ3) is 5.62. The molecule has 0 aromatic heterocycles. The van der Waals surface area contributed by atoms with Crippen molar-refractivity contribution in [3.63, 3.8) is 0 Å². The van der Waals surface area contributed by atoms with Gasteiger partial charge in [0.05, 0.1) is 0 Å². The molecule has 0 saturated carbocycles. The molecule has 1 aliphatic heterocycles. The Kier molecular flexibility index (Phi) is 5.33. The van der Waals surface area contributed by atoms with Gasteiger partial charge in [0.2, 0.25) is 5.79 Å². The molecule has 1 rings (SSSR count). The van der Waals surface area contributed by atoms with E-state index in [0.29, 0.717) is 0 Å². The number of hydrogen-bond donors (Lipinski definition) is 0. The molecule has 17 heavy (non-hydrogen) atoms. The minimum absolute atomic E-state index is 0.448. The third-order valence-corrected chi connectivity index (χ3v) is 2.87. The van der Waals surface area contributed by atoms with Crippen molar-refractivity contribution in [2.75, 3.05) is 0 Å². The van der Waals surface area contributed by atoms with Crippen molar-refractivity contribution in [1.82, 2.24) is 0 Å². The van der Waals surface area contributed by atoms with E-state index in [1.54, 1.807) is 12.5 Å². The zero-order valence-electron chi connectivity index (χ0n) is 11.5. The first-order chi connectivity index (χ1) is 8.02. The first kappa shape index (κ1) is 13.9. The van der Waals surface area contributed by atoms with Gasteiger partial charge in [0.25, 0.3) is 0 Å². The summed E-state index contributed by atoms with van der Waals surface area (Å²) < 4.78 is 10.8. The van der Waals surface area contributed by atoms with Crippen molar-refractivity contribution in [1.29, 1.82) is 0 Å². The Morgan fingerprint density at radius 1 is 1.06 bits per heavy atom. The van der Waals surface area contributed by atoms with Gasteiger partial charge in [0.15, 0.2) is 0 Å². The second-order valence-electron chi connectivity index (χ2n) is 5.05. The molecule has 2 heteroatoms. The summed E-state index contributed by atoms with van der Waals surface area (Å²) in [7, 11) is 0. The SMILES string of the molecule is CC(C)=CCC/C(C)=C\CCC1(C)OC=CO1. The molecular formula is C15H24O2. The topological polar surface area (TPSA) is 18.5 Å². The Morgan fingerprint density at radius 2 is 1.71 bits per heavy atom. The van der Waals surface area contributed by atoms with Crippen LogP contribution in [-0.4, -0.2) is 5.79 Å². The van der Waals surface area contributed by atoms with E-state index in [1.165, 1.54) is 11.1 Å². The van der Waals surface area contributed by atoms with Gasteiger partial charge in [-0.3, -0.25) is 0 Å². The number of hydrogen-bond acceptors (Lipinski definition) is 2. The van der Waals surface area contributed by atoms with E-state index in [9.17, 15) is 0 Å². The second kappa shape index (κ2) is 6.53. The Balaban J connectivity index is 2.21. The lowest BCUT2D eigenvalue weighted by Crippen LogP contribution is -2.24. The summed E-state index contributed by atoms with van der Waals surface area (Å²) in [5.74, 6) is -0.448. The molecule has 0 atom stereocenters. The smallest absolute Gasteiger partial charge is 0.247 e. The highest BCUT2D eigenvalue weighted by molar-refractivity contribution is 5.02. The van der Waals surface area contributed by atoms with E-state index in [1.807, 2.05) is 6.92 Å². The van der Waals surface area contributed by atoms with Crippen molar-refractivity contribution in [2.24, 2.45) is 0 Å². The summed E-state index contributed by atoms with van der Waals surface area (Å²) in [5, 5.41) is 0.